The molecule has 2 aromatic heterocycles. The van der Waals surface area contributed by atoms with Gasteiger partial charge in [0.15, 0.2) is 11.5 Å². The zero-order chi connectivity index (χ0) is 13.8. The van der Waals surface area contributed by atoms with Crippen molar-refractivity contribution in [2.24, 2.45) is 23.7 Å². The summed E-state index contributed by atoms with van der Waals surface area (Å²) < 4.78 is 2.10. The number of nitrogens with one attached hydrogen (secondary N) is 1. The lowest BCUT2D eigenvalue weighted by Gasteiger charge is -2.54. The summed E-state index contributed by atoms with van der Waals surface area (Å²) in [6.07, 6.45) is 9.44. The average Bonchev–Trinajstić information content (AvgIpc) is 2.89. The van der Waals surface area contributed by atoms with Crippen molar-refractivity contribution in [2.45, 2.75) is 44.7 Å². The molecule has 4 fully saturated rings. The molecule has 4 heteroatoms. The van der Waals surface area contributed by atoms with E-state index in [0.29, 0.717) is 6.04 Å². The van der Waals surface area contributed by atoms with Crippen LogP contribution in [-0.4, -0.2) is 20.6 Å². The van der Waals surface area contributed by atoms with Crippen LogP contribution in [0.3, 0.4) is 0 Å². The first-order chi connectivity index (χ1) is 10.4. The first kappa shape index (κ1) is 12.2. The van der Waals surface area contributed by atoms with Crippen LogP contribution in [0.4, 0.5) is 0 Å². The van der Waals surface area contributed by atoms with Crippen molar-refractivity contribution in [1.82, 2.24) is 19.9 Å². The van der Waals surface area contributed by atoms with Gasteiger partial charge in [0.2, 0.25) is 0 Å². The van der Waals surface area contributed by atoms with Gasteiger partial charge in [-0.3, -0.25) is 4.40 Å². The lowest BCUT2D eigenvalue weighted by Crippen LogP contribution is -2.54. The maximum Gasteiger partial charge on any atom is 0.160 e. The van der Waals surface area contributed by atoms with Crippen LogP contribution < -0.4 is 5.32 Å². The van der Waals surface area contributed by atoms with Gasteiger partial charge in [-0.15, -0.1) is 10.2 Å². The molecular weight excluding hydrogens is 260 g/mol. The SMILES string of the molecule is c1ccn2c(CNC3C4CC5CC(C4)CC3C5)nnc2c1. The van der Waals surface area contributed by atoms with Gasteiger partial charge in [-0.2, -0.15) is 0 Å². The maximum atomic E-state index is 4.35. The largest absolute Gasteiger partial charge is 0.306 e. The molecular formula is C17H22N4. The molecule has 1 N–H and O–H groups in total. The monoisotopic (exact) mass is 282 g/mol. The molecule has 0 aliphatic heterocycles. The minimum atomic E-state index is 0.717. The van der Waals surface area contributed by atoms with Gasteiger partial charge in [0.25, 0.3) is 0 Å². The Bertz CT molecular complexity index is 634. The Morgan fingerprint density at radius 2 is 1.76 bits per heavy atom. The highest BCUT2D eigenvalue weighted by Crippen LogP contribution is 2.53. The van der Waals surface area contributed by atoms with Crippen LogP contribution in [0.5, 0.6) is 0 Å². The predicted molar refractivity (Wildman–Crippen MR) is 80.7 cm³/mol. The van der Waals surface area contributed by atoms with E-state index in [9.17, 15) is 0 Å². The molecule has 4 aliphatic carbocycles. The molecule has 0 aromatic carbocycles. The number of rotatable bonds is 3. The van der Waals surface area contributed by atoms with E-state index < -0.39 is 0 Å². The van der Waals surface area contributed by atoms with E-state index in [1.54, 1.807) is 0 Å². The lowest BCUT2D eigenvalue weighted by molar-refractivity contribution is -0.0145. The van der Waals surface area contributed by atoms with E-state index >= 15 is 0 Å². The minimum absolute atomic E-state index is 0.717. The standard InChI is InChI=1S/C17H22N4/c1-2-4-21-15(3-1)19-20-16(21)10-18-17-13-6-11-5-12(8-13)9-14(17)7-11/h1-4,11-14,17-18H,5-10H2. The third kappa shape index (κ3) is 1.92. The van der Waals surface area contributed by atoms with Crippen LogP contribution in [0, 0.1) is 23.7 Å². The number of fused-ring (bicyclic) bond motifs is 1. The van der Waals surface area contributed by atoms with Gasteiger partial charge < -0.3 is 5.32 Å². The fourth-order valence-corrected chi connectivity index (χ4v) is 5.48. The second-order valence-corrected chi connectivity index (χ2v) is 7.38. The van der Waals surface area contributed by atoms with Crippen LogP contribution in [0.25, 0.3) is 5.65 Å². The van der Waals surface area contributed by atoms with Crippen molar-refractivity contribution in [2.75, 3.05) is 0 Å². The molecule has 0 atom stereocenters. The van der Waals surface area contributed by atoms with Gasteiger partial charge in [0.05, 0.1) is 6.54 Å². The number of aromatic nitrogens is 3. The van der Waals surface area contributed by atoms with Gasteiger partial charge in [-0.05, 0) is 67.9 Å². The van der Waals surface area contributed by atoms with Crippen LogP contribution in [0.2, 0.25) is 0 Å². The smallest absolute Gasteiger partial charge is 0.160 e. The summed E-state index contributed by atoms with van der Waals surface area (Å²) >= 11 is 0. The van der Waals surface area contributed by atoms with Crippen molar-refractivity contribution in [3.8, 4) is 0 Å². The van der Waals surface area contributed by atoms with Crippen molar-refractivity contribution < 1.29 is 0 Å². The molecule has 4 bridgehead atoms. The Morgan fingerprint density at radius 1 is 1.00 bits per heavy atom. The molecule has 0 amide bonds. The molecule has 0 radical (unpaired) electrons. The summed E-state index contributed by atoms with van der Waals surface area (Å²) in [4.78, 5) is 0. The van der Waals surface area contributed by atoms with Gasteiger partial charge in [-0.1, -0.05) is 6.07 Å². The summed E-state index contributed by atoms with van der Waals surface area (Å²) in [6, 6.07) is 6.79. The Labute approximate surface area is 125 Å². The molecule has 0 saturated heterocycles. The van der Waals surface area contributed by atoms with E-state index in [4.69, 9.17) is 0 Å². The zero-order valence-corrected chi connectivity index (χ0v) is 12.3. The molecule has 2 aromatic rings. The van der Waals surface area contributed by atoms with E-state index in [1.165, 1.54) is 32.1 Å². The van der Waals surface area contributed by atoms with Crippen molar-refractivity contribution >= 4 is 5.65 Å². The van der Waals surface area contributed by atoms with Crippen LogP contribution in [-0.2, 0) is 6.54 Å². The first-order valence-corrected chi connectivity index (χ1v) is 8.39. The summed E-state index contributed by atoms with van der Waals surface area (Å²) in [7, 11) is 0. The number of nitrogens with zero attached hydrogens (tertiary/aromatic N) is 3. The van der Waals surface area contributed by atoms with E-state index in [-0.39, 0.29) is 0 Å². The molecule has 4 aliphatic rings. The first-order valence-electron chi connectivity index (χ1n) is 8.39. The molecule has 0 spiro atoms. The maximum absolute atomic E-state index is 4.35. The van der Waals surface area contributed by atoms with E-state index in [0.717, 1.165) is 41.7 Å². The van der Waals surface area contributed by atoms with Gasteiger partial charge in [-0.25, -0.2) is 0 Å². The van der Waals surface area contributed by atoms with Gasteiger partial charge in [0, 0.05) is 12.2 Å². The highest BCUT2D eigenvalue weighted by atomic mass is 15.3. The van der Waals surface area contributed by atoms with Crippen molar-refractivity contribution in [3.05, 3.63) is 30.2 Å². The van der Waals surface area contributed by atoms with Crippen LogP contribution >= 0.6 is 0 Å². The second-order valence-electron chi connectivity index (χ2n) is 7.38. The molecule has 2 heterocycles. The third-order valence-electron chi connectivity index (χ3n) is 6.11. The van der Waals surface area contributed by atoms with Crippen LogP contribution in [0.1, 0.15) is 37.9 Å². The fourth-order valence-electron chi connectivity index (χ4n) is 5.48. The predicted octanol–water partition coefficient (Wildman–Crippen LogP) is 2.64. The number of hydrogen-bond acceptors (Lipinski definition) is 3. The van der Waals surface area contributed by atoms with E-state index in [2.05, 4.69) is 26.1 Å². The fraction of sp³-hybridized carbons (Fsp3) is 0.647. The molecule has 21 heavy (non-hydrogen) atoms. The van der Waals surface area contributed by atoms with Crippen molar-refractivity contribution in [1.29, 1.82) is 0 Å². The summed E-state index contributed by atoms with van der Waals surface area (Å²) in [5.74, 6) is 4.96. The van der Waals surface area contributed by atoms with E-state index in [1.807, 2.05) is 18.2 Å². The number of pyridine rings is 1. The molecule has 0 unspecified atom stereocenters. The second kappa shape index (κ2) is 4.54. The summed E-state index contributed by atoms with van der Waals surface area (Å²) in [6.45, 7) is 0.845. The topological polar surface area (TPSA) is 42.2 Å². The quantitative estimate of drug-likeness (QED) is 0.941. The Hall–Kier alpha value is -1.42. The highest BCUT2D eigenvalue weighted by molar-refractivity contribution is 5.36. The lowest BCUT2D eigenvalue weighted by atomic mass is 9.54. The zero-order valence-electron chi connectivity index (χ0n) is 12.3. The Balaban J connectivity index is 1.34. The molecule has 4 saturated carbocycles. The third-order valence-corrected chi connectivity index (χ3v) is 6.11. The summed E-state index contributed by atoms with van der Waals surface area (Å²) in [5.41, 5.74) is 0.944. The Kier molecular flexibility index (Phi) is 2.63. The number of hydrogen-bond donors (Lipinski definition) is 1. The summed E-state index contributed by atoms with van der Waals surface area (Å²) in [5, 5.41) is 12.4. The minimum Gasteiger partial charge on any atom is -0.306 e. The molecule has 6 rings (SSSR count). The van der Waals surface area contributed by atoms with Crippen molar-refractivity contribution in [3.63, 3.8) is 0 Å². The average molecular weight is 282 g/mol. The Morgan fingerprint density at radius 3 is 2.52 bits per heavy atom. The normalized spacial score (nSPS) is 37.4. The van der Waals surface area contributed by atoms with Crippen LogP contribution in [0.15, 0.2) is 24.4 Å². The highest BCUT2D eigenvalue weighted by Gasteiger charge is 2.47. The molecule has 110 valence electrons. The van der Waals surface area contributed by atoms with Gasteiger partial charge in [0.1, 0.15) is 0 Å². The van der Waals surface area contributed by atoms with Gasteiger partial charge >= 0.3 is 0 Å². The molecule has 4 nitrogen and oxygen atoms in total.